The summed E-state index contributed by atoms with van der Waals surface area (Å²) in [6, 6.07) is 7.92. The summed E-state index contributed by atoms with van der Waals surface area (Å²) in [4.78, 5) is 16.0. The fourth-order valence-corrected chi connectivity index (χ4v) is 2.91. The third kappa shape index (κ3) is 7.31. The van der Waals surface area contributed by atoms with Crippen LogP contribution in [0, 0.1) is 5.82 Å². The minimum Gasteiger partial charge on any atom is -0.467 e. The number of nitrogens with one attached hydrogen (secondary N) is 3. The second-order valence-electron chi connectivity index (χ2n) is 6.64. The van der Waals surface area contributed by atoms with Crippen LogP contribution in [0.2, 0.25) is 5.02 Å². The Morgan fingerprint density at radius 1 is 1.25 bits per heavy atom. The third-order valence-corrected chi connectivity index (χ3v) is 4.35. The van der Waals surface area contributed by atoms with Gasteiger partial charge in [-0.1, -0.05) is 31.5 Å². The average molecular weight is 523 g/mol. The normalized spacial score (nSPS) is 11.5. The van der Waals surface area contributed by atoms with E-state index in [2.05, 4.69) is 20.9 Å². The lowest BCUT2D eigenvalue weighted by molar-refractivity contribution is -0.120. The molecule has 2 aromatic rings. The lowest BCUT2D eigenvalue weighted by Crippen LogP contribution is -2.46. The maximum Gasteiger partial charge on any atom is 0.239 e. The van der Waals surface area contributed by atoms with Crippen LogP contribution in [0.5, 0.6) is 0 Å². The number of hydrogen-bond acceptors (Lipinski definition) is 3. The molecule has 1 aromatic carbocycles. The van der Waals surface area contributed by atoms with E-state index >= 15 is 0 Å². The van der Waals surface area contributed by atoms with Gasteiger partial charge in [-0.05, 0) is 29.8 Å². The second kappa shape index (κ2) is 11.3. The largest absolute Gasteiger partial charge is 0.467 e. The Bertz CT molecular complexity index is 797. The number of halogens is 3. The molecule has 0 fully saturated rings. The van der Waals surface area contributed by atoms with Crippen LogP contribution in [0.4, 0.5) is 4.39 Å². The summed E-state index contributed by atoms with van der Waals surface area (Å²) < 4.78 is 18.4. The molecule has 1 heterocycles. The molecular formula is C19H25ClFIN4O2. The summed E-state index contributed by atoms with van der Waals surface area (Å²) in [5.41, 5.74) is 0.453. The molecular weight excluding hydrogens is 498 g/mol. The highest BCUT2D eigenvalue weighted by Crippen LogP contribution is 2.29. The zero-order valence-electron chi connectivity index (χ0n) is 16.0. The van der Waals surface area contributed by atoms with Gasteiger partial charge in [0.1, 0.15) is 11.6 Å². The number of rotatable bonds is 7. The standard InChI is InChI=1S/C19H24ClFN4O2.HI/c1-19(2,15-7-6-13(21)9-16(15)20)12-25-18(22-3)24-11-17(26)23-10-14-5-4-8-27-14;/h4-9H,10-12H2,1-3H3,(H,23,26)(H2,22,24,25);1H. The van der Waals surface area contributed by atoms with Gasteiger partial charge in [0.25, 0.3) is 0 Å². The molecule has 6 nitrogen and oxygen atoms in total. The molecule has 3 N–H and O–H groups in total. The maximum absolute atomic E-state index is 13.3. The first-order chi connectivity index (χ1) is 12.8. The topological polar surface area (TPSA) is 78.7 Å². The molecule has 0 aliphatic carbocycles. The smallest absolute Gasteiger partial charge is 0.239 e. The number of furan rings is 1. The highest BCUT2D eigenvalue weighted by molar-refractivity contribution is 14.0. The van der Waals surface area contributed by atoms with Crippen molar-refractivity contribution in [2.75, 3.05) is 20.1 Å². The van der Waals surface area contributed by atoms with E-state index in [-0.39, 0.29) is 47.7 Å². The Kier molecular flexibility index (Phi) is 9.74. The van der Waals surface area contributed by atoms with Gasteiger partial charge in [0.15, 0.2) is 5.96 Å². The first kappa shape index (κ1) is 24.2. The summed E-state index contributed by atoms with van der Waals surface area (Å²) in [5, 5.41) is 9.23. The van der Waals surface area contributed by atoms with Gasteiger partial charge >= 0.3 is 0 Å². The molecule has 0 aliphatic rings. The van der Waals surface area contributed by atoms with Crippen LogP contribution in [0.25, 0.3) is 0 Å². The van der Waals surface area contributed by atoms with E-state index in [9.17, 15) is 9.18 Å². The van der Waals surface area contributed by atoms with E-state index in [1.54, 1.807) is 31.5 Å². The third-order valence-electron chi connectivity index (χ3n) is 4.04. The van der Waals surface area contributed by atoms with Crippen molar-refractivity contribution in [1.29, 1.82) is 0 Å². The summed E-state index contributed by atoms with van der Waals surface area (Å²) in [7, 11) is 1.62. The minimum atomic E-state index is -0.371. The Balaban J connectivity index is 0.00000392. The summed E-state index contributed by atoms with van der Waals surface area (Å²) in [6.45, 7) is 4.87. The van der Waals surface area contributed by atoms with Crippen molar-refractivity contribution in [1.82, 2.24) is 16.0 Å². The van der Waals surface area contributed by atoms with Crippen LogP contribution >= 0.6 is 35.6 Å². The molecule has 0 atom stereocenters. The van der Waals surface area contributed by atoms with Crippen molar-refractivity contribution in [2.45, 2.75) is 25.8 Å². The Morgan fingerprint density at radius 2 is 2.00 bits per heavy atom. The van der Waals surface area contributed by atoms with Crippen molar-refractivity contribution in [3.63, 3.8) is 0 Å². The quantitative estimate of drug-likeness (QED) is 0.296. The Morgan fingerprint density at radius 3 is 2.61 bits per heavy atom. The molecule has 1 amide bonds. The number of carbonyl (C=O) groups excluding carboxylic acids is 1. The minimum absolute atomic E-state index is 0. The van der Waals surface area contributed by atoms with Crippen LogP contribution in [0.1, 0.15) is 25.2 Å². The number of amides is 1. The average Bonchev–Trinajstić information content (AvgIpc) is 3.13. The molecule has 154 valence electrons. The predicted molar refractivity (Wildman–Crippen MR) is 120 cm³/mol. The molecule has 0 saturated heterocycles. The van der Waals surface area contributed by atoms with Gasteiger partial charge in [-0.15, -0.1) is 24.0 Å². The number of carbonyl (C=O) groups is 1. The van der Waals surface area contributed by atoms with E-state index < -0.39 is 0 Å². The lowest BCUT2D eigenvalue weighted by atomic mass is 9.84. The van der Waals surface area contributed by atoms with Gasteiger partial charge in [-0.3, -0.25) is 9.79 Å². The second-order valence-corrected chi connectivity index (χ2v) is 7.05. The van der Waals surface area contributed by atoms with Gasteiger partial charge in [0.2, 0.25) is 5.91 Å². The molecule has 0 radical (unpaired) electrons. The van der Waals surface area contributed by atoms with Crippen LogP contribution in [0.3, 0.4) is 0 Å². The number of nitrogens with zero attached hydrogens (tertiary/aromatic N) is 1. The van der Waals surface area contributed by atoms with Gasteiger partial charge in [0.05, 0.1) is 19.4 Å². The Hall–Kier alpha value is -1.81. The zero-order chi connectivity index (χ0) is 19.9. The zero-order valence-corrected chi connectivity index (χ0v) is 19.1. The fourth-order valence-electron chi connectivity index (χ4n) is 2.48. The highest BCUT2D eigenvalue weighted by atomic mass is 127. The lowest BCUT2D eigenvalue weighted by Gasteiger charge is -2.27. The van der Waals surface area contributed by atoms with Crippen molar-refractivity contribution in [3.8, 4) is 0 Å². The van der Waals surface area contributed by atoms with E-state index in [1.807, 2.05) is 13.8 Å². The van der Waals surface area contributed by atoms with Gasteiger partial charge in [-0.2, -0.15) is 0 Å². The molecule has 28 heavy (non-hydrogen) atoms. The fraction of sp³-hybridized carbons (Fsp3) is 0.368. The first-order valence-electron chi connectivity index (χ1n) is 8.51. The van der Waals surface area contributed by atoms with E-state index in [4.69, 9.17) is 16.0 Å². The Labute approximate surface area is 186 Å². The van der Waals surface area contributed by atoms with Crippen molar-refractivity contribution >= 4 is 47.4 Å². The van der Waals surface area contributed by atoms with Crippen molar-refractivity contribution in [2.24, 2.45) is 4.99 Å². The van der Waals surface area contributed by atoms with Crippen molar-refractivity contribution in [3.05, 3.63) is 58.8 Å². The molecule has 1 aromatic heterocycles. The number of aliphatic imine (C=N–C) groups is 1. The summed E-state index contributed by atoms with van der Waals surface area (Å²) >= 11 is 6.17. The van der Waals surface area contributed by atoms with Gasteiger partial charge < -0.3 is 20.4 Å². The van der Waals surface area contributed by atoms with Crippen LogP contribution in [-0.2, 0) is 16.8 Å². The van der Waals surface area contributed by atoms with Crippen molar-refractivity contribution < 1.29 is 13.6 Å². The molecule has 0 saturated carbocycles. The molecule has 0 unspecified atom stereocenters. The summed E-state index contributed by atoms with van der Waals surface area (Å²) in [6.07, 6.45) is 1.56. The molecule has 0 aliphatic heterocycles. The van der Waals surface area contributed by atoms with Gasteiger partial charge in [-0.25, -0.2) is 4.39 Å². The molecule has 0 bridgehead atoms. The molecule has 9 heteroatoms. The highest BCUT2D eigenvalue weighted by Gasteiger charge is 2.24. The predicted octanol–water partition coefficient (Wildman–Crippen LogP) is 3.45. The van der Waals surface area contributed by atoms with Gasteiger partial charge in [0, 0.05) is 24.0 Å². The first-order valence-corrected chi connectivity index (χ1v) is 8.89. The molecule has 0 spiro atoms. The van der Waals surface area contributed by atoms with E-state index in [0.717, 1.165) is 5.56 Å². The number of benzene rings is 1. The van der Waals surface area contributed by atoms with Crippen LogP contribution < -0.4 is 16.0 Å². The van der Waals surface area contributed by atoms with Crippen LogP contribution in [0.15, 0.2) is 46.0 Å². The SMILES string of the molecule is CN=C(NCC(=O)NCc1ccco1)NCC(C)(C)c1ccc(F)cc1Cl.I. The number of hydrogen-bond donors (Lipinski definition) is 3. The van der Waals surface area contributed by atoms with E-state index in [0.29, 0.717) is 29.8 Å². The number of guanidine groups is 1. The van der Waals surface area contributed by atoms with Crippen LogP contribution in [-0.4, -0.2) is 32.0 Å². The molecule has 2 rings (SSSR count). The van der Waals surface area contributed by atoms with E-state index in [1.165, 1.54) is 12.1 Å². The summed E-state index contributed by atoms with van der Waals surface area (Å²) in [5.74, 6) is 0.610. The monoisotopic (exact) mass is 522 g/mol. The maximum atomic E-state index is 13.3.